The Bertz CT molecular complexity index is 289. The van der Waals surface area contributed by atoms with Gasteiger partial charge in [-0.2, -0.15) is 0 Å². The largest absolute Gasteiger partial charge is 0.480 e. The van der Waals surface area contributed by atoms with Crippen LogP contribution in [0.4, 0.5) is 4.79 Å². The first kappa shape index (κ1) is 15.2. The molecule has 7 nitrogen and oxygen atoms in total. The van der Waals surface area contributed by atoms with E-state index in [0.717, 1.165) is 12.8 Å². The van der Waals surface area contributed by atoms with Crippen LogP contribution in [0.15, 0.2) is 0 Å². The second-order valence-electron chi connectivity index (χ2n) is 3.69. The van der Waals surface area contributed by atoms with Gasteiger partial charge in [0.1, 0.15) is 6.04 Å². The van der Waals surface area contributed by atoms with Crippen LogP contribution in [0.25, 0.3) is 0 Å². The molecule has 0 aromatic carbocycles. The van der Waals surface area contributed by atoms with Gasteiger partial charge in [0.05, 0.1) is 6.42 Å². The molecule has 0 aliphatic carbocycles. The Morgan fingerprint density at radius 3 is 2.06 bits per heavy atom. The highest BCUT2D eigenvalue weighted by atomic mass is 16.4. The quantitative estimate of drug-likeness (QED) is 0.496. The minimum absolute atomic E-state index is 0.0157. The number of aliphatic carboxylic acids is 1. The van der Waals surface area contributed by atoms with Gasteiger partial charge in [0, 0.05) is 6.04 Å². The normalized spacial score (nSPS) is 11.9. The van der Waals surface area contributed by atoms with Crippen LogP contribution in [0, 0.1) is 0 Å². The number of carboxylic acids is 1. The zero-order chi connectivity index (χ0) is 13.4. The summed E-state index contributed by atoms with van der Waals surface area (Å²) in [6.45, 7) is 3.82. The van der Waals surface area contributed by atoms with Crippen molar-refractivity contribution in [3.05, 3.63) is 0 Å². The van der Waals surface area contributed by atoms with E-state index in [0.29, 0.717) is 0 Å². The molecular weight excluding hydrogens is 226 g/mol. The standard InChI is InChI=1S/C10H19N3O4/c1-3-6(4-2)12-10(17)13-7(9(15)16)5-8(11)14/h6-7H,3-5H2,1-2H3,(H2,11,14)(H,15,16)(H2,12,13,17)/t7-/m0/s1. The van der Waals surface area contributed by atoms with Gasteiger partial charge in [0.15, 0.2) is 0 Å². The molecule has 7 heteroatoms. The second kappa shape index (κ2) is 7.48. The number of carboxylic acid groups (broad SMARTS) is 1. The Hall–Kier alpha value is -1.79. The van der Waals surface area contributed by atoms with Crippen LogP contribution in [-0.2, 0) is 9.59 Å². The van der Waals surface area contributed by atoms with E-state index in [4.69, 9.17) is 10.8 Å². The fourth-order valence-electron chi connectivity index (χ4n) is 1.28. The molecule has 0 aliphatic heterocycles. The molecule has 0 radical (unpaired) electrons. The molecule has 0 rings (SSSR count). The second-order valence-corrected chi connectivity index (χ2v) is 3.69. The average molecular weight is 245 g/mol. The number of carbonyl (C=O) groups is 3. The van der Waals surface area contributed by atoms with Crippen molar-refractivity contribution >= 4 is 17.9 Å². The highest BCUT2D eigenvalue weighted by molar-refractivity contribution is 5.87. The van der Waals surface area contributed by atoms with Crippen LogP contribution in [0.5, 0.6) is 0 Å². The van der Waals surface area contributed by atoms with Crippen LogP contribution in [0.2, 0.25) is 0 Å². The summed E-state index contributed by atoms with van der Waals surface area (Å²) in [6.07, 6.45) is 1.07. The first-order valence-electron chi connectivity index (χ1n) is 5.48. The van der Waals surface area contributed by atoms with Crippen molar-refractivity contribution in [3.63, 3.8) is 0 Å². The summed E-state index contributed by atoms with van der Waals surface area (Å²) in [5.74, 6) is -2.07. The lowest BCUT2D eigenvalue weighted by molar-refractivity contribution is -0.140. The van der Waals surface area contributed by atoms with Gasteiger partial charge < -0.3 is 21.5 Å². The van der Waals surface area contributed by atoms with E-state index in [-0.39, 0.29) is 6.04 Å². The number of carbonyl (C=O) groups excluding carboxylic acids is 2. The predicted octanol–water partition coefficient (Wildman–Crippen LogP) is -0.197. The molecule has 0 heterocycles. The van der Waals surface area contributed by atoms with Crippen molar-refractivity contribution in [2.24, 2.45) is 5.73 Å². The molecule has 0 aromatic rings. The Balaban J connectivity index is 4.30. The zero-order valence-electron chi connectivity index (χ0n) is 10.0. The number of rotatable bonds is 7. The van der Waals surface area contributed by atoms with E-state index in [1.54, 1.807) is 0 Å². The first-order valence-corrected chi connectivity index (χ1v) is 5.48. The summed E-state index contributed by atoms with van der Waals surface area (Å²) in [5.41, 5.74) is 4.89. The number of nitrogens with one attached hydrogen (secondary N) is 2. The predicted molar refractivity (Wildman–Crippen MR) is 61.3 cm³/mol. The van der Waals surface area contributed by atoms with Crippen LogP contribution < -0.4 is 16.4 Å². The third kappa shape index (κ3) is 6.39. The SMILES string of the molecule is CCC(CC)NC(=O)N[C@@H](CC(N)=O)C(=O)O. The van der Waals surface area contributed by atoms with Crippen LogP contribution in [-0.4, -0.2) is 35.1 Å². The number of urea groups is 1. The smallest absolute Gasteiger partial charge is 0.326 e. The molecule has 0 aromatic heterocycles. The number of nitrogens with two attached hydrogens (primary N) is 1. The minimum Gasteiger partial charge on any atom is -0.480 e. The highest BCUT2D eigenvalue weighted by Gasteiger charge is 2.22. The van der Waals surface area contributed by atoms with Crippen molar-refractivity contribution in [1.29, 1.82) is 0 Å². The molecule has 1 atom stereocenters. The molecule has 3 amide bonds. The van der Waals surface area contributed by atoms with Gasteiger partial charge in [-0.3, -0.25) is 4.79 Å². The van der Waals surface area contributed by atoms with Gasteiger partial charge in [-0.1, -0.05) is 13.8 Å². The van der Waals surface area contributed by atoms with E-state index >= 15 is 0 Å². The van der Waals surface area contributed by atoms with Crippen molar-refractivity contribution in [3.8, 4) is 0 Å². The topological polar surface area (TPSA) is 122 Å². The molecular formula is C10H19N3O4. The fraction of sp³-hybridized carbons (Fsp3) is 0.700. The zero-order valence-corrected chi connectivity index (χ0v) is 10.0. The summed E-state index contributed by atoms with van der Waals surface area (Å²) in [7, 11) is 0. The molecule has 17 heavy (non-hydrogen) atoms. The van der Waals surface area contributed by atoms with E-state index < -0.39 is 30.4 Å². The molecule has 0 spiro atoms. The lowest BCUT2D eigenvalue weighted by atomic mass is 10.2. The summed E-state index contributed by atoms with van der Waals surface area (Å²) < 4.78 is 0. The van der Waals surface area contributed by atoms with E-state index in [1.807, 2.05) is 13.8 Å². The van der Waals surface area contributed by atoms with Crippen LogP contribution >= 0.6 is 0 Å². The Kier molecular flexibility index (Phi) is 6.69. The van der Waals surface area contributed by atoms with Crippen molar-refractivity contribution < 1.29 is 19.5 Å². The summed E-state index contributed by atoms with van der Waals surface area (Å²) >= 11 is 0. The maximum atomic E-state index is 11.4. The van der Waals surface area contributed by atoms with E-state index in [2.05, 4.69) is 10.6 Å². The molecule has 98 valence electrons. The van der Waals surface area contributed by atoms with Gasteiger partial charge in [-0.05, 0) is 12.8 Å². The Morgan fingerprint density at radius 1 is 1.18 bits per heavy atom. The Morgan fingerprint density at radius 2 is 1.71 bits per heavy atom. The maximum Gasteiger partial charge on any atom is 0.326 e. The summed E-state index contributed by atoms with van der Waals surface area (Å²) in [5, 5.41) is 13.6. The van der Waals surface area contributed by atoms with Crippen molar-refractivity contribution in [1.82, 2.24) is 10.6 Å². The number of amides is 3. The van der Waals surface area contributed by atoms with Gasteiger partial charge in [0.2, 0.25) is 5.91 Å². The van der Waals surface area contributed by atoms with E-state index in [1.165, 1.54) is 0 Å². The van der Waals surface area contributed by atoms with Crippen molar-refractivity contribution in [2.45, 2.75) is 45.2 Å². The summed E-state index contributed by atoms with van der Waals surface area (Å²) in [6, 6.07) is -1.91. The first-order chi connectivity index (χ1) is 7.90. The van der Waals surface area contributed by atoms with E-state index in [9.17, 15) is 14.4 Å². The number of primary amides is 1. The highest BCUT2D eigenvalue weighted by Crippen LogP contribution is 1.97. The molecule has 5 N–H and O–H groups in total. The molecule has 0 saturated carbocycles. The van der Waals surface area contributed by atoms with Crippen LogP contribution in [0.3, 0.4) is 0 Å². The molecule has 0 aliphatic rings. The van der Waals surface area contributed by atoms with Gasteiger partial charge in [-0.25, -0.2) is 9.59 Å². The third-order valence-electron chi connectivity index (χ3n) is 2.33. The minimum atomic E-state index is -1.29. The van der Waals surface area contributed by atoms with Gasteiger partial charge >= 0.3 is 12.0 Å². The summed E-state index contributed by atoms with van der Waals surface area (Å²) in [4.78, 5) is 32.8. The molecule has 0 unspecified atom stereocenters. The number of hydrogen-bond acceptors (Lipinski definition) is 3. The fourth-order valence-corrected chi connectivity index (χ4v) is 1.28. The van der Waals surface area contributed by atoms with Crippen molar-refractivity contribution in [2.75, 3.05) is 0 Å². The third-order valence-corrected chi connectivity index (χ3v) is 2.33. The maximum absolute atomic E-state index is 11.4. The molecule has 0 fully saturated rings. The Labute approximate surface area is 99.7 Å². The van der Waals surface area contributed by atoms with Gasteiger partial charge in [0.25, 0.3) is 0 Å². The van der Waals surface area contributed by atoms with Crippen LogP contribution in [0.1, 0.15) is 33.1 Å². The lowest BCUT2D eigenvalue weighted by Gasteiger charge is -2.18. The number of hydrogen-bond donors (Lipinski definition) is 4. The monoisotopic (exact) mass is 245 g/mol. The average Bonchev–Trinajstić information content (AvgIpc) is 2.24. The molecule has 0 bridgehead atoms. The lowest BCUT2D eigenvalue weighted by Crippen LogP contribution is -2.50. The molecule has 0 saturated heterocycles. The van der Waals surface area contributed by atoms with Gasteiger partial charge in [-0.15, -0.1) is 0 Å².